The lowest BCUT2D eigenvalue weighted by atomic mass is 10.2. The summed E-state index contributed by atoms with van der Waals surface area (Å²) in [7, 11) is 1.62. The van der Waals surface area contributed by atoms with Gasteiger partial charge in [-0.2, -0.15) is 0 Å². The third-order valence-corrected chi connectivity index (χ3v) is 4.43. The van der Waals surface area contributed by atoms with Gasteiger partial charge in [0.15, 0.2) is 0 Å². The highest BCUT2D eigenvalue weighted by Gasteiger charge is 2.10. The van der Waals surface area contributed by atoms with Crippen molar-refractivity contribution in [2.75, 3.05) is 7.11 Å². The number of carbonyl (C=O) groups is 1. The fourth-order valence-corrected chi connectivity index (χ4v) is 3.11. The van der Waals surface area contributed by atoms with Gasteiger partial charge in [0, 0.05) is 35.4 Å². The lowest BCUT2D eigenvalue weighted by Gasteiger charge is -2.09. The number of rotatable bonds is 6. The Balaban J connectivity index is 1.58. The van der Waals surface area contributed by atoms with Crippen molar-refractivity contribution >= 4 is 17.2 Å². The molecule has 0 saturated heterocycles. The fraction of sp³-hybridized carbons (Fsp3) is 0.167. The smallest absolute Gasteiger partial charge is 0.226 e. The molecule has 3 rings (SSSR count). The van der Waals surface area contributed by atoms with Gasteiger partial charge in [0.1, 0.15) is 10.8 Å². The van der Waals surface area contributed by atoms with E-state index in [4.69, 9.17) is 4.74 Å². The average Bonchev–Trinajstić information content (AvgIpc) is 3.09. The Morgan fingerprint density at radius 1 is 1.21 bits per heavy atom. The van der Waals surface area contributed by atoms with E-state index < -0.39 is 0 Å². The van der Waals surface area contributed by atoms with Crippen LogP contribution in [0.15, 0.2) is 54.2 Å². The minimum atomic E-state index is -0.0625. The number of thiazole rings is 1. The van der Waals surface area contributed by atoms with Crippen LogP contribution >= 0.6 is 11.3 Å². The number of para-hydroxylation sites is 1. The van der Waals surface area contributed by atoms with Crippen molar-refractivity contribution in [3.8, 4) is 16.3 Å². The molecule has 3 aromatic rings. The number of hydrogen-bond donors (Lipinski definition) is 1. The van der Waals surface area contributed by atoms with Crippen LogP contribution in [0.4, 0.5) is 0 Å². The molecule has 6 heteroatoms. The van der Waals surface area contributed by atoms with Gasteiger partial charge in [0.05, 0.1) is 19.2 Å². The SMILES string of the molecule is COc1ccccc1CNC(=O)Cc1csc(-c2ccncc2)n1. The number of hydrogen-bond acceptors (Lipinski definition) is 5. The maximum atomic E-state index is 12.1. The molecule has 0 saturated carbocycles. The van der Waals surface area contributed by atoms with Crippen LogP contribution in [0.2, 0.25) is 0 Å². The molecule has 122 valence electrons. The van der Waals surface area contributed by atoms with Gasteiger partial charge in [-0.25, -0.2) is 4.98 Å². The maximum absolute atomic E-state index is 12.1. The van der Waals surface area contributed by atoms with E-state index in [1.54, 1.807) is 19.5 Å². The quantitative estimate of drug-likeness (QED) is 0.750. The van der Waals surface area contributed by atoms with E-state index in [9.17, 15) is 4.79 Å². The third-order valence-electron chi connectivity index (χ3n) is 3.49. The van der Waals surface area contributed by atoms with E-state index in [2.05, 4.69) is 15.3 Å². The van der Waals surface area contributed by atoms with Gasteiger partial charge < -0.3 is 10.1 Å². The molecule has 0 bridgehead atoms. The van der Waals surface area contributed by atoms with Crippen molar-refractivity contribution in [1.29, 1.82) is 0 Å². The number of ether oxygens (including phenoxy) is 1. The van der Waals surface area contributed by atoms with Gasteiger partial charge in [-0.15, -0.1) is 11.3 Å². The van der Waals surface area contributed by atoms with E-state index >= 15 is 0 Å². The number of pyridine rings is 1. The second-order valence-corrected chi connectivity index (χ2v) is 6.00. The Bertz CT molecular complexity index is 818. The van der Waals surface area contributed by atoms with Crippen LogP contribution in [0.3, 0.4) is 0 Å². The summed E-state index contributed by atoms with van der Waals surface area (Å²) < 4.78 is 5.28. The number of carbonyl (C=O) groups excluding carboxylic acids is 1. The Hall–Kier alpha value is -2.73. The van der Waals surface area contributed by atoms with Crippen molar-refractivity contribution in [3.63, 3.8) is 0 Å². The van der Waals surface area contributed by atoms with Crippen LogP contribution in [0.5, 0.6) is 5.75 Å². The highest BCUT2D eigenvalue weighted by Crippen LogP contribution is 2.23. The molecular formula is C18H17N3O2S. The van der Waals surface area contributed by atoms with Gasteiger partial charge in [0.25, 0.3) is 0 Å². The molecule has 0 fully saturated rings. The van der Waals surface area contributed by atoms with Crippen molar-refractivity contribution < 1.29 is 9.53 Å². The fourth-order valence-electron chi connectivity index (χ4n) is 2.29. The number of amides is 1. The summed E-state index contributed by atoms with van der Waals surface area (Å²) in [5.41, 5.74) is 2.73. The topological polar surface area (TPSA) is 64.1 Å². The highest BCUT2D eigenvalue weighted by molar-refractivity contribution is 7.13. The summed E-state index contributed by atoms with van der Waals surface area (Å²) in [6.07, 6.45) is 3.73. The van der Waals surface area contributed by atoms with Crippen molar-refractivity contribution in [2.24, 2.45) is 0 Å². The van der Waals surface area contributed by atoms with E-state index in [-0.39, 0.29) is 12.3 Å². The first-order valence-electron chi connectivity index (χ1n) is 7.49. The summed E-state index contributed by atoms with van der Waals surface area (Å²) in [5.74, 6) is 0.707. The monoisotopic (exact) mass is 339 g/mol. The number of benzene rings is 1. The van der Waals surface area contributed by atoms with Gasteiger partial charge >= 0.3 is 0 Å². The Morgan fingerprint density at radius 2 is 2.00 bits per heavy atom. The molecule has 0 radical (unpaired) electrons. The summed E-state index contributed by atoms with van der Waals surface area (Å²) >= 11 is 1.53. The molecule has 0 atom stereocenters. The molecule has 24 heavy (non-hydrogen) atoms. The Labute approximate surface area is 144 Å². The van der Waals surface area contributed by atoms with E-state index in [1.807, 2.05) is 41.8 Å². The molecule has 5 nitrogen and oxygen atoms in total. The number of nitrogens with one attached hydrogen (secondary N) is 1. The number of methoxy groups -OCH3 is 1. The summed E-state index contributed by atoms with van der Waals surface area (Å²) in [4.78, 5) is 20.6. The number of nitrogens with zero attached hydrogens (tertiary/aromatic N) is 2. The average molecular weight is 339 g/mol. The number of aromatic nitrogens is 2. The Morgan fingerprint density at radius 3 is 2.79 bits per heavy atom. The van der Waals surface area contributed by atoms with Gasteiger partial charge in [-0.3, -0.25) is 9.78 Å². The molecule has 1 aromatic carbocycles. The van der Waals surface area contributed by atoms with Crippen LogP contribution in [0.1, 0.15) is 11.3 Å². The minimum Gasteiger partial charge on any atom is -0.496 e. The van der Waals surface area contributed by atoms with E-state index in [0.717, 1.165) is 27.6 Å². The zero-order valence-electron chi connectivity index (χ0n) is 13.2. The second kappa shape index (κ2) is 7.70. The van der Waals surface area contributed by atoms with Gasteiger partial charge in [0.2, 0.25) is 5.91 Å². The summed E-state index contributed by atoms with van der Waals surface area (Å²) in [6.45, 7) is 0.435. The normalized spacial score (nSPS) is 10.4. The van der Waals surface area contributed by atoms with E-state index in [0.29, 0.717) is 6.54 Å². The first-order chi connectivity index (χ1) is 11.8. The van der Waals surface area contributed by atoms with Crippen LogP contribution in [-0.2, 0) is 17.8 Å². The lowest BCUT2D eigenvalue weighted by Crippen LogP contribution is -2.24. The molecule has 0 aliphatic heterocycles. The molecule has 0 unspecified atom stereocenters. The summed E-state index contributed by atoms with van der Waals surface area (Å²) in [6, 6.07) is 11.5. The molecule has 2 aromatic heterocycles. The van der Waals surface area contributed by atoms with Crippen LogP contribution in [-0.4, -0.2) is 23.0 Å². The first-order valence-corrected chi connectivity index (χ1v) is 8.37. The van der Waals surface area contributed by atoms with Crippen molar-refractivity contribution in [1.82, 2.24) is 15.3 Å². The van der Waals surface area contributed by atoms with Crippen LogP contribution < -0.4 is 10.1 Å². The third kappa shape index (κ3) is 3.97. The first kappa shape index (κ1) is 16.1. The lowest BCUT2D eigenvalue weighted by molar-refractivity contribution is -0.120. The second-order valence-electron chi connectivity index (χ2n) is 5.15. The largest absolute Gasteiger partial charge is 0.496 e. The molecule has 2 heterocycles. The predicted octanol–water partition coefficient (Wildman–Crippen LogP) is 3.07. The van der Waals surface area contributed by atoms with Gasteiger partial charge in [-0.05, 0) is 18.2 Å². The summed E-state index contributed by atoms with van der Waals surface area (Å²) in [5, 5.41) is 5.72. The molecule has 1 amide bonds. The molecule has 0 spiro atoms. The minimum absolute atomic E-state index is 0.0625. The molecular weight excluding hydrogens is 322 g/mol. The highest BCUT2D eigenvalue weighted by atomic mass is 32.1. The van der Waals surface area contributed by atoms with Crippen molar-refractivity contribution in [3.05, 3.63) is 65.4 Å². The molecule has 1 N–H and O–H groups in total. The zero-order valence-corrected chi connectivity index (χ0v) is 14.0. The van der Waals surface area contributed by atoms with Crippen molar-refractivity contribution in [2.45, 2.75) is 13.0 Å². The van der Waals surface area contributed by atoms with Crippen LogP contribution in [0, 0.1) is 0 Å². The molecule has 0 aliphatic rings. The zero-order chi connectivity index (χ0) is 16.8. The standard InChI is InChI=1S/C18H17N3O2S/c1-23-16-5-3-2-4-14(16)11-20-17(22)10-15-12-24-18(21-15)13-6-8-19-9-7-13/h2-9,12H,10-11H2,1H3,(H,20,22). The van der Waals surface area contributed by atoms with E-state index in [1.165, 1.54) is 11.3 Å². The Kier molecular flexibility index (Phi) is 5.18. The van der Waals surface area contributed by atoms with Gasteiger partial charge in [-0.1, -0.05) is 18.2 Å². The maximum Gasteiger partial charge on any atom is 0.226 e. The van der Waals surface area contributed by atoms with Crippen LogP contribution in [0.25, 0.3) is 10.6 Å². The predicted molar refractivity (Wildman–Crippen MR) is 93.9 cm³/mol. The molecule has 0 aliphatic carbocycles.